The van der Waals surface area contributed by atoms with Crippen LogP contribution >= 0.6 is 12.6 Å². The van der Waals surface area contributed by atoms with Crippen LogP contribution in [0.3, 0.4) is 0 Å². The maximum Gasteiger partial charge on any atom is 0.408 e. The van der Waals surface area contributed by atoms with Crippen LogP contribution in [0.5, 0.6) is 0 Å². The molecule has 9 nitrogen and oxygen atoms in total. The van der Waals surface area contributed by atoms with E-state index in [1.165, 1.54) is 12.0 Å². The second kappa shape index (κ2) is 14.9. The molecule has 3 atom stereocenters. The molecule has 0 radical (unpaired) electrons. The van der Waals surface area contributed by atoms with Gasteiger partial charge in [0.1, 0.15) is 24.2 Å². The van der Waals surface area contributed by atoms with E-state index in [1.54, 1.807) is 32.9 Å². The maximum atomic E-state index is 14.0. The van der Waals surface area contributed by atoms with Gasteiger partial charge in [-0.25, -0.2) is 4.79 Å². The van der Waals surface area contributed by atoms with Crippen molar-refractivity contribution in [3.8, 4) is 0 Å². The number of alkyl carbamates (subject to hydrolysis) is 1. The zero-order valence-corrected chi connectivity index (χ0v) is 24.2. The van der Waals surface area contributed by atoms with Gasteiger partial charge >= 0.3 is 12.1 Å². The van der Waals surface area contributed by atoms with Gasteiger partial charge in [-0.05, 0) is 58.9 Å². The van der Waals surface area contributed by atoms with Crippen molar-refractivity contribution in [1.82, 2.24) is 15.5 Å². The second-order valence-electron chi connectivity index (χ2n) is 10.6. The number of ether oxygens (including phenoxy) is 2. The fourth-order valence-corrected chi connectivity index (χ4v) is 3.89. The molecule has 0 heterocycles. The molecule has 3 amide bonds. The van der Waals surface area contributed by atoms with Gasteiger partial charge in [-0.1, -0.05) is 43.7 Å². The summed E-state index contributed by atoms with van der Waals surface area (Å²) in [4.78, 5) is 53.2. The van der Waals surface area contributed by atoms with E-state index in [-0.39, 0.29) is 18.3 Å². The summed E-state index contributed by atoms with van der Waals surface area (Å²) in [7, 11) is 1.23. The van der Waals surface area contributed by atoms with Gasteiger partial charge in [0.05, 0.1) is 7.11 Å². The van der Waals surface area contributed by atoms with Crippen molar-refractivity contribution in [2.24, 2.45) is 5.92 Å². The van der Waals surface area contributed by atoms with Crippen molar-refractivity contribution in [2.75, 3.05) is 19.4 Å². The van der Waals surface area contributed by atoms with Gasteiger partial charge in [-0.2, -0.15) is 12.6 Å². The third kappa shape index (κ3) is 11.0. The molecule has 0 aliphatic heterocycles. The number of esters is 1. The Hall–Kier alpha value is -2.75. The molecule has 0 fully saturated rings. The van der Waals surface area contributed by atoms with Crippen molar-refractivity contribution in [2.45, 2.75) is 85.0 Å². The van der Waals surface area contributed by atoms with Gasteiger partial charge in [0, 0.05) is 11.8 Å². The fraction of sp³-hybridized carbons (Fsp3) is 0.630. The van der Waals surface area contributed by atoms with Crippen LogP contribution in [0.4, 0.5) is 4.79 Å². The first-order valence-electron chi connectivity index (χ1n) is 12.5. The van der Waals surface area contributed by atoms with E-state index < -0.39 is 41.6 Å². The van der Waals surface area contributed by atoms with E-state index in [2.05, 4.69) is 41.8 Å². The number of amides is 3. The van der Waals surface area contributed by atoms with Crippen molar-refractivity contribution in [3.05, 3.63) is 35.4 Å². The smallest absolute Gasteiger partial charge is 0.408 e. The SMILES string of the molecule is COC(=O)CNC(=O)C(c1ccc(C)cc1)N(C(=O)C(CS)NC(=O)OC(C)(C)C)C(C)CCC(C)C. The number of carbonyl (C=O) groups excluding carboxylic acids is 4. The lowest BCUT2D eigenvalue weighted by Crippen LogP contribution is -2.56. The number of benzene rings is 1. The van der Waals surface area contributed by atoms with Crippen molar-refractivity contribution in [3.63, 3.8) is 0 Å². The second-order valence-corrected chi connectivity index (χ2v) is 10.9. The molecule has 1 aromatic rings. The van der Waals surface area contributed by atoms with Crippen LogP contribution < -0.4 is 10.6 Å². The summed E-state index contributed by atoms with van der Waals surface area (Å²) < 4.78 is 9.99. The first kappa shape index (κ1) is 32.3. The third-order valence-electron chi connectivity index (χ3n) is 5.62. The highest BCUT2D eigenvalue weighted by molar-refractivity contribution is 7.80. The normalized spacial score (nSPS) is 13.8. The topological polar surface area (TPSA) is 114 Å². The van der Waals surface area contributed by atoms with Crippen LogP contribution in [-0.2, 0) is 23.9 Å². The summed E-state index contributed by atoms with van der Waals surface area (Å²) in [5.41, 5.74) is 0.812. The molecule has 10 heteroatoms. The molecule has 0 aromatic heterocycles. The van der Waals surface area contributed by atoms with Gasteiger partial charge in [-0.15, -0.1) is 0 Å². The van der Waals surface area contributed by atoms with E-state index in [0.29, 0.717) is 17.9 Å². The highest BCUT2D eigenvalue weighted by Gasteiger charge is 2.38. The van der Waals surface area contributed by atoms with Crippen molar-refractivity contribution in [1.29, 1.82) is 0 Å². The van der Waals surface area contributed by atoms with Crippen molar-refractivity contribution < 1.29 is 28.7 Å². The number of thiol groups is 1. The summed E-state index contributed by atoms with van der Waals surface area (Å²) >= 11 is 4.31. The molecule has 0 aliphatic rings. The maximum absolute atomic E-state index is 14.0. The van der Waals surface area contributed by atoms with Gasteiger partial charge in [0.15, 0.2) is 0 Å². The standard InChI is InChI=1S/C27H43N3O6S/c1-17(2)9-12-19(4)30(25(33)21(16-37)29-26(34)36-27(5,6)7)23(20-13-10-18(3)11-14-20)24(32)28-15-22(31)35-8/h10-11,13-14,17,19,21,23,37H,9,12,15-16H2,1-8H3,(H,28,32)(H,29,34). The van der Waals surface area contributed by atoms with E-state index >= 15 is 0 Å². The summed E-state index contributed by atoms with van der Waals surface area (Å²) in [6, 6.07) is 4.81. The number of aryl methyl sites for hydroxylation is 1. The molecule has 3 unspecified atom stereocenters. The van der Waals surface area contributed by atoms with Crippen molar-refractivity contribution >= 4 is 36.5 Å². The summed E-state index contributed by atoms with van der Waals surface area (Å²) in [5, 5.41) is 5.19. The summed E-state index contributed by atoms with van der Waals surface area (Å²) in [5.74, 6) is -1.24. The molecule has 0 saturated carbocycles. The lowest BCUT2D eigenvalue weighted by molar-refractivity contribution is -0.146. The zero-order valence-electron chi connectivity index (χ0n) is 23.3. The molecule has 1 aromatic carbocycles. The minimum absolute atomic E-state index is 0.00409. The Morgan fingerprint density at radius 3 is 2.11 bits per heavy atom. The highest BCUT2D eigenvalue weighted by atomic mass is 32.1. The van der Waals surface area contributed by atoms with Crippen LogP contribution in [0.1, 0.15) is 71.6 Å². The van der Waals surface area contributed by atoms with E-state index in [9.17, 15) is 19.2 Å². The Labute approximate surface area is 226 Å². The molecule has 0 aliphatic carbocycles. The molecule has 1 rings (SSSR count). The number of methoxy groups -OCH3 is 1. The minimum atomic E-state index is -1.05. The highest BCUT2D eigenvalue weighted by Crippen LogP contribution is 2.28. The summed E-state index contributed by atoms with van der Waals surface area (Å²) in [6.45, 7) is 12.8. The van der Waals surface area contributed by atoms with Gasteiger partial charge in [-0.3, -0.25) is 14.4 Å². The summed E-state index contributed by atoms with van der Waals surface area (Å²) in [6.07, 6.45) is 0.694. The van der Waals surface area contributed by atoms with E-state index in [4.69, 9.17) is 4.74 Å². The lowest BCUT2D eigenvalue weighted by Gasteiger charge is -2.38. The van der Waals surface area contributed by atoms with Crippen LogP contribution in [0, 0.1) is 12.8 Å². The number of nitrogens with one attached hydrogen (secondary N) is 2. The lowest BCUT2D eigenvalue weighted by atomic mass is 9.97. The molecule has 0 saturated heterocycles. The van der Waals surface area contributed by atoms with Crippen LogP contribution in [0.2, 0.25) is 0 Å². The fourth-order valence-electron chi connectivity index (χ4n) is 3.64. The van der Waals surface area contributed by atoms with Gasteiger partial charge in [0.25, 0.3) is 0 Å². The molecular weight excluding hydrogens is 494 g/mol. The number of nitrogens with zero attached hydrogens (tertiary/aromatic N) is 1. The molecule has 2 N–H and O–H groups in total. The Morgan fingerprint density at radius 1 is 1.03 bits per heavy atom. The molecule has 0 bridgehead atoms. The van der Waals surface area contributed by atoms with E-state index in [1.807, 2.05) is 26.0 Å². The molecule has 0 spiro atoms. The number of carbonyl (C=O) groups is 4. The Kier molecular flexibility index (Phi) is 13.0. The Morgan fingerprint density at radius 2 is 1.62 bits per heavy atom. The van der Waals surface area contributed by atoms with Gasteiger partial charge < -0.3 is 25.0 Å². The van der Waals surface area contributed by atoms with Crippen LogP contribution in [0.25, 0.3) is 0 Å². The number of rotatable bonds is 12. The third-order valence-corrected chi connectivity index (χ3v) is 5.98. The Bertz CT molecular complexity index is 914. The first-order valence-corrected chi connectivity index (χ1v) is 13.2. The first-order chi connectivity index (χ1) is 17.2. The predicted molar refractivity (Wildman–Crippen MR) is 146 cm³/mol. The molecular formula is C27H43N3O6S. The minimum Gasteiger partial charge on any atom is -0.468 e. The van der Waals surface area contributed by atoms with E-state index in [0.717, 1.165) is 12.0 Å². The average molecular weight is 538 g/mol. The quantitative estimate of drug-likeness (QED) is 0.276. The number of hydrogen-bond acceptors (Lipinski definition) is 7. The van der Waals surface area contributed by atoms with Crippen LogP contribution in [0.15, 0.2) is 24.3 Å². The van der Waals surface area contributed by atoms with Crippen LogP contribution in [-0.4, -0.2) is 65.9 Å². The zero-order chi connectivity index (χ0) is 28.3. The number of hydrogen-bond donors (Lipinski definition) is 3. The Balaban J connectivity index is 3.49. The average Bonchev–Trinajstić information content (AvgIpc) is 2.81. The monoisotopic (exact) mass is 537 g/mol. The van der Waals surface area contributed by atoms with Gasteiger partial charge in [0.2, 0.25) is 11.8 Å². The predicted octanol–water partition coefficient (Wildman–Crippen LogP) is 3.80. The largest absolute Gasteiger partial charge is 0.468 e. The molecule has 37 heavy (non-hydrogen) atoms. The molecule has 208 valence electrons.